The maximum atomic E-state index is 9.21. The number of rotatable bonds is 1. The molecule has 0 amide bonds. The van der Waals surface area contributed by atoms with E-state index in [1.165, 1.54) is 30.3 Å². The molecule has 0 atom stereocenters. The van der Waals surface area contributed by atoms with E-state index in [9.17, 15) is 5.11 Å². The number of aromatic hydroxyl groups is 2. The topological polar surface area (TPSA) is 67.5 Å². The SMILES string of the molecule is COn1cnc2cc(O)c(O)cc21. The minimum absolute atomic E-state index is 0.186. The third-order valence-corrected chi connectivity index (χ3v) is 1.81. The van der Waals surface area contributed by atoms with Gasteiger partial charge < -0.3 is 15.1 Å². The van der Waals surface area contributed by atoms with Crippen LogP contribution in [0.5, 0.6) is 11.5 Å². The van der Waals surface area contributed by atoms with Crippen molar-refractivity contribution in [2.45, 2.75) is 0 Å². The number of benzene rings is 1. The van der Waals surface area contributed by atoms with Gasteiger partial charge in [0.2, 0.25) is 0 Å². The van der Waals surface area contributed by atoms with Crippen LogP contribution in [0.3, 0.4) is 0 Å². The van der Waals surface area contributed by atoms with E-state index in [1.807, 2.05) is 0 Å². The minimum Gasteiger partial charge on any atom is -0.504 e. The first-order valence-corrected chi connectivity index (χ1v) is 3.66. The number of phenolic OH excluding ortho intramolecular Hbond substituents is 2. The first kappa shape index (κ1) is 7.72. The van der Waals surface area contributed by atoms with Crippen molar-refractivity contribution in [3.63, 3.8) is 0 Å². The van der Waals surface area contributed by atoms with Gasteiger partial charge in [-0.3, -0.25) is 0 Å². The summed E-state index contributed by atoms with van der Waals surface area (Å²) in [5.74, 6) is -0.375. The molecule has 1 aromatic carbocycles. The van der Waals surface area contributed by atoms with Crippen LogP contribution < -0.4 is 4.84 Å². The molecule has 68 valence electrons. The van der Waals surface area contributed by atoms with E-state index in [0.717, 1.165) is 0 Å². The number of imidazole rings is 1. The molecule has 0 saturated carbocycles. The van der Waals surface area contributed by atoms with Gasteiger partial charge in [0.1, 0.15) is 19.0 Å². The monoisotopic (exact) mass is 180 g/mol. The molecule has 1 aromatic heterocycles. The number of hydrogen-bond donors (Lipinski definition) is 2. The van der Waals surface area contributed by atoms with Crippen LogP contribution >= 0.6 is 0 Å². The highest BCUT2D eigenvalue weighted by molar-refractivity contribution is 5.79. The largest absolute Gasteiger partial charge is 0.504 e. The van der Waals surface area contributed by atoms with Crippen LogP contribution in [0.2, 0.25) is 0 Å². The minimum atomic E-state index is -0.189. The molecule has 1 heterocycles. The average Bonchev–Trinajstić information content (AvgIpc) is 2.48. The molecule has 5 heteroatoms. The van der Waals surface area contributed by atoms with E-state index in [4.69, 9.17) is 9.94 Å². The van der Waals surface area contributed by atoms with Gasteiger partial charge in [-0.15, -0.1) is 0 Å². The quantitative estimate of drug-likeness (QED) is 0.627. The van der Waals surface area contributed by atoms with E-state index in [2.05, 4.69) is 4.98 Å². The second-order valence-corrected chi connectivity index (χ2v) is 2.58. The van der Waals surface area contributed by atoms with Gasteiger partial charge in [-0.25, -0.2) is 4.98 Å². The molecule has 2 aromatic rings. The van der Waals surface area contributed by atoms with Crippen molar-refractivity contribution in [2.24, 2.45) is 0 Å². The molecule has 0 saturated heterocycles. The molecule has 5 nitrogen and oxygen atoms in total. The summed E-state index contributed by atoms with van der Waals surface area (Å²) in [6, 6.07) is 2.77. The number of phenols is 2. The molecular weight excluding hydrogens is 172 g/mol. The van der Waals surface area contributed by atoms with Gasteiger partial charge in [-0.2, -0.15) is 4.73 Å². The first-order chi connectivity index (χ1) is 6.22. The molecule has 0 aliphatic rings. The van der Waals surface area contributed by atoms with E-state index in [0.29, 0.717) is 11.0 Å². The van der Waals surface area contributed by atoms with Gasteiger partial charge in [0.15, 0.2) is 11.5 Å². The lowest BCUT2D eigenvalue weighted by molar-refractivity contribution is 0.177. The van der Waals surface area contributed by atoms with Crippen LogP contribution in [0.25, 0.3) is 11.0 Å². The Morgan fingerprint density at radius 3 is 2.69 bits per heavy atom. The fourth-order valence-corrected chi connectivity index (χ4v) is 1.16. The highest BCUT2D eigenvalue weighted by Crippen LogP contribution is 2.28. The first-order valence-electron chi connectivity index (χ1n) is 3.66. The molecule has 0 radical (unpaired) electrons. The van der Waals surface area contributed by atoms with Crippen LogP contribution in [0.15, 0.2) is 18.5 Å². The Hall–Kier alpha value is -1.91. The van der Waals surface area contributed by atoms with Crippen molar-refractivity contribution < 1.29 is 15.1 Å². The third kappa shape index (κ3) is 1.05. The lowest BCUT2D eigenvalue weighted by atomic mass is 10.3. The smallest absolute Gasteiger partial charge is 0.159 e. The Balaban J connectivity index is 2.77. The fraction of sp³-hybridized carbons (Fsp3) is 0.125. The van der Waals surface area contributed by atoms with Crippen molar-refractivity contribution in [2.75, 3.05) is 7.11 Å². The second kappa shape index (κ2) is 2.55. The molecule has 2 N–H and O–H groups in total. The van der Waals surface area contributed by atoms with Crippen LogP contribution in [-0.4, -0.2) is 27.0 Å². The van der Waals surface area contributed by atoms with Crippen LogP contribution in [-0.2, 0) is 0 Å². The Morgan fingerprint density at radius 2 is 2.00 bits per heavy atom. The summed E-state index contributed by atoms with van der Waals surface area (Å²) in [5.41, 5.74) is 1.18. The highest BCUT2D eigenvalue weighted by atomic mass is 16.6. The maximum absolute atomic E-state index is 9.21. The molecular formula is C8H8N2O3. The molecule has 0 spiro atoms. The summed E-state index contributed by atoms with van der Waals surface area (Å²) >= 11 is 0. The van der Waals surface area contributed by atoms with Gasteiger partial charge in [-0.05, 0) is 0 Å². The second-order valence-electron chi connectivity index (χ2n) is 2.58. The summed E-state index contributed by atoms with van der Waals surface area (Å²) in [7, 11) is 1.49. The Labute approximate surface area is 73.8 Å². The van der Waals surface area contributed by atoms with Crippen LogP contribution in [0.1, 0.15) is 0 Å². The Kier molecular flexibility index (Phi) is 1.51. The molecule has 0 bridgehead atoms. The zero-order chi connectivity index (χ0) is 9.42. The fourth-order valence-electron chi connectivity index (χ4n) is 1.16. The zero-order valence-corrected chi connectivity index (χ0v) is 6.93. The predicted molar refractivity (Wildman–Crippen MR) is 45.6 cm³/mol. The van der Waals surface area contributed by atoms with Gasteiger partial charge in [0.05, 0.1) is 5.52 Å². The Morgan fingerprint density at radius 1 is 1.31 bits per heavy atom. The van der Waals surface area contributed by atoms with Gasteiger partial charge >= 0.3 is 0 Å². The summed E-state index contributed by atoms with van der Waals surface area (Å²) in [4.78, 5) is 8.88. The van der Waals surface area contributed by atoms with Crippen LogP contribution in [0, 0.1) is 0 Å². The standard InChI is InChI=1S/C8H8N2O3/c1-13-10-4-9-5-2-7(11)8(12)3-6(5)10/h2-4,11-12H,1H3. The van der Waals surface area contributed by atoms with Crippen molar-refractivity contribution >= 4 is 11.0 Å². The number of nitrogens with zero attached hydrogens (tertiary/aromatic N) is 2. The average molecular weight is 180 g/mol. The van der Waals surface area contributed by atoms with Crippen molar-refractivity contribution in [3.8, 4) is 11.5 Å². The number of fused-ring (bicyclic) bond motifs is 1. The van der Waals surface area contributed by atoms with Gasteiger partial charge in [0, 0.05) is 12.1 Å². The summed E-state index contributed by atoms with van der Waals surface area (Å²) < 4.78 is 1.40. The zero-order valence-electron chi connectivity index (χ0n) is 6.93. The molecule has 0 unspecified atom stereocenters. The number of hydrogen-bond acceptors (Lipinski definition) is 4. The van der Waals surface area contributed by atoms with E-state index >= 15 is 0 Å². The summed E-state index contributed by atoms with van der Waals surface area (Å²) in [5, 5.41) is 18.4. The highest BCUT2D eigenvalue weighted by Gasteiger charge is 2.07. The third-order valence-electron chi connectivity index (χ3n) is 1.81. The van der Waals surface area contributed by atoms with E-state index in [1.54, 1.807) is 0 Å². The molecule has 0 fully saturated rings. The van der Waals surface area contributed by atoms with Crippen LogP contribution in [0.4, 0.5) is 0 Å². The lowest BCUT2D eigenvalue weighted by Gasteiger charge is -2.01. The van der Waals surface area contributed by atoms with Crippen molar-refractivity contribution in [3.05, 3.63) is 18.5 Å². The van der Waals surface area contributed by atoms with Gasteiger partial charge in [0.25, 0.3) is 0 Å². The lowest BCUT2D eigenvalue weighted by Crippen LogP contribution is -2.02. The summed E-state index contributed by atoms with van der Waals surface area (Å²) in [6.07, 6.45) is 1.46. The summed E-state index contributed by atoms with van der Waals surface area (Å²) in [6.45, 7) is 0. The predicted octanol–water partition coefficient (Wildman–Crippen LogP) is 0.506. The normalized spacial score (nSPS) is 10.5. The molecule has 0 aliphatic heterocycles. The van der Waals surface area contributed by atoms with Crippen molar-refractivity contribution in [1.29, 1.82) is 0 Å². The van der Waals surface area contributed by atoms with Crippen molar-refractivity contribution in [1.82, 2.24) is 9.71 Å². The Bertz CT molecular complexity index is 450. The number of aromatic nitrogens is 2. The van der Waals surface area contributed by atoms with Gasteiger partial charge in [-0.1, -0.05) is 0 Å². The molecule has 0 aliphatic carbocycles. The molecule has 2 rings (SSSR count). The van der Waals surface area contributed by atoms with E-state index in [-0.39, 0.29) is 11.5 Å². The molecule has 13 heavy (non-hydrogen) atoms. The maximum Gasteiger partial charge on any atom is 0.159 e. The van der Waals surface area contributed by atoms with E-state index < -0.39 is 0 Å².